The van der Waals surface area contributed by atoms with Crippen LogP contribution in [0.5, 0.6) is 5.75 Å². The minimum atomic E-state index is -0.808. The number of amides is 2. The molecule has 0 spiro atoms. The Morgan fingerprint density at radius 2 is 1.69 bits per heavy atom. The standard InChI is InChI=1S/C20H23FN2O3/c1-4-23(5-2)20(25)17-8-6-7-9-18(17)22-19(24)14(3)26-16-12-10-15(21)11-13-16/h6-14H,4-5H2,1-3H3,(H,22,24). The number of ether oxygens (including phenoxy) is 1. The molecule has 2 aromatic carbocycles. The van der Waals surface area contributed by atoms with E-state index < -0.39 is 12.0 Å². The molecule has 1 N–H and O–H groups in total. The predicted octanol–water partition coefficient (Wildman–Crippen LogP) is 3.71. The van der Waals surface area contributed by atoms with Gasteiger partial charge in [-0.1, -0.05) is 12.1 Å². The summed E-state index contributed by atoms with van der Waals surface area (Å²) in [6.07, 6.45) is -0.808. The lowest BCUT2D eigenvalue weighted by Crippen LogP contribution is -2.33. The maximum absolute atomic E-state index is 12.9. The smallest absolute Gasteiger partial charge is 0.265 e. The molecule has 0 heterocycles. The Hall–Kier alpha value is -2.89. The summed E-state index contributed by atoms with van der Waals surface area (Å²) in [4.78, 5) is 26.7. The molecular weight excluding hydrogens is 335 g/mol. The van der Waals surface area contributed by atoms with Crippen LogP contribution in [-0.2, 0) is 4.79 Å². The van der Waals surface area contributed by atoms with Gasteiger partial charge >= 0.3 is 0 Å². The van der Waals surface area contributed by atoms with E-state index in [9.17, 15) is 14.0 Å². The largest absolute Gasteiger partial charge is 0.481 e. The molecule has 0 saturated carbocycles. The average Bonchev–Trinajstić information content (AvgIpc) is 2.64. The van der Waals surface area contributed by atoms with Gasteiger partial charge in [0.15, 0.2) is 6.10 Å². The van der Waals surface area contributed by atoms with Crippen molar-refractivity contribution in [3.05, 3.63) is 59.9 Å². The highest BCUT2D eigenvalue weighted by atomic mass is 19.1. The van der Waals surface area contributed by atoms with E-state index in [1.807, 2.05) is 13.8 Å². The van der Waals surface area contributed by atoms with Gasteiger partial charge < -0.3 is 15.0 Å². The van der Waals surface area contributed by atoms with Crippen LogP contribution in [-0.4, -0.2) is 35.9 Å². The average molecular weight is 358 g/mol. The van der Waals surface area contributed by atoms with Crippen molar-refractivity contribution >= 4 is 17.5 Å². The van der Waals surface area contributed by atoms with Gasteiger partial charge in [-0.25, -0.2) is 4.39 Å². The van der Waals surface area contributed by atoms with Crippen molar-refractivity contribution in [2.45, 2.75) is 26.9 Å². The third-order valence-corrected chi connectivity index (χ3v) is 3.96. The van der Waals surface area contributed by atoms with Gasteiger partial charge in [-0.2, -0.15) is 0 Å². The van der Waals surface area contributed by atoms with Crippen LogP contribution in [0.1, 0.15) is 31.1 Å². The van der Waals surface area contributed by atoms with Crippen molar-refractivity contribution in [3.63, 3.8) is 0 Å². The molecule has 2 amide bonds. The summed E-state index contributed by atoms with van der Waals surface area (Å²) in [6.45, 7) is 6.57. The Morgan fingerprint density at radius 3 is 2.31 bits per heavy atom. The third-order valence-electron chi connectivity index (χ3n) is 3.96. The number of benzene rings is 2. The van der Waals surface area contributed by atoms with Crippen molar-refractivity contribution in [3.8, 4) is 5.75 Å². The maximum atomic E-state index is 12.9. The van der Waals surface area contributed by atoms with Gasteiger partial charge in [0.2, 0.25) is 0 Å². The first-order chi connectivity index (χ1) is 12.5. The lowest BCUT2D eigenvalue weighted by atomic mass is 10.1. The number of anilines is 1. The molecule has 0 radical (unpaired) electrons. The summed E-state index contributed by atoms with van der Waals surface area (Å²) in [5, 5.41) is 2.74. The molecular formula is C20H23FN2O3. The topological polar surface area (TPSA) is 58.6 Å². The fourth-order valence-corrected chi connectivity index (χ4v) is 2.46. The van der Waals surface area contributed by atoms with Crippen molar-refractivity contribution in [1.29, 1.82) is 0 Å². The molecule has 0 aliphatic rings. The van der Waals surface area contributed by atoms with Crippen LogP contribution >= 0.6 is 0 Å². The van der Waals surface area contributed by atoms with Crippen LogP contribution < -0.4 is 10.1 Å². The molecule has 0 aliphatic carbocycles. The van der Waals surface area contributed by atoms with Crippen molar-refractivity contribution in [2.24, 2.45) is 0 Å². The normalized spacial score (nSPS) is 11.5. The van der Waals surface area contributed by atoms with E-state index in [-0.39, 0.29) is 11.7 Å². The van der Waals surface area contributed by atoms with E-state index in [0.717, 1.165) is 0 Å². The number of para-hydroxylation sites is 1. The lowest BCUT2D eigenvalue weighted by Gasteiger charge is -2.21. The second-order valence-electron chi connectivity index (χ2n) is 5.73. The van der Waals surface area contributed by atoms with E-state index in [0.29, 0.717) is 30.1 Å². The second-order valence-corrected chi connectivity index (χ2v) is 5.73. The van der Waals surface area contributed by atoms with Gasteiger partial charge in [0.05, 0.1) is 11.3 Å². The summed E-state index contributed by atoms with van der Waals surface area (Å²) in [5.74, 6) is -0.521. The van der Waals surface area contributed by atoms with Gasteiger partial charge in [-0.3, -0.25) is 9.59 Å². The molecule has 138 valence electrons. The van der Waals surface area contributed by atoms with Crippen molar-refractivity contribution < 1.29 is 18.7 Å². The van der Waals surface area contributed by atoms with E-state index in [1.54, 1.807) is 36.1 Å². The molecule has 0 bridgehead atoms. The van der Waals surface area contributed by atoms with Crippen LogP contribution in [0.3, 0.4) is 0 Å². The Balaban J connectivity index is 2.11. The van der Waals surface area contributed by atoms with Crippen molar-refractivity contribution in [2.75, 3.05) is 18.4 Å². The van der Waals surface area contributed by atoms with E-state index in [4.69, 9.17) is 4.74 Å². The summed E-state index contributed by atoms with van der Waals surface area (Å²) in [6, 6.07) is 12.3. The molecule has 2 aromatic rings. The first-order valence-corrected chi connectivity index (χ1v) is 8.57. The quantitative estimate of drug-likeness (QED) is 0.821. The SMILES string of the molecule is CCN(CC)C(=O)c1ccccc1NC(=O)C(C)Oc1ccc(F)cc1. The highest BCUT2D eigenvalue weighted by Crippen LogP contribution is 2.19. The molecule has 26 heavy (non-hydrogen) atoms. The van der Waals surface area contributed by atoms with Crippen LogP contribution in [0.15, 0.2) is 48.5 Å². The number of nitrogens with zero attached hydrogens (tertiary/aromatic N) is 1. The fourth-order valence-electron chi connectivity index (χ4n) is 2.46. The molecule has 1 unspecified atom stereocenters. The number of hydrogen-bond acceptors (Lipinski definition) is 3. The number of nitrogens with one attached hydrogen (secondary N) is 1. The molecule has 0 aliphatic heterocycles. The molecule has 6 heteroatoms. The van der Waals surface area contributed by atoms with Gasteiger partial charge in [0.1, 0.15) is 11.6 Å². The fraction of sp³-hybridized carbons (Fsp3) is 0.300. The maximum Gasteiger partial charge on any atom is 0.265 e. The zero-order valence-electron chi connectivity index (χ0n) is 15.2. The minimum absolute atomic E-state index is 0.141. The summed E-state index contributed by atoms with van der Waals surface area (Å²) in [7, 11) is 0. The predicted molar refractivity (Wildman–Crippen MR) is 98.8 cm³/mol. The van der Waals surface area contributed by atoms with Crippen LogP contribution in [0.25, 0.3) is 0 Å². The van der Waals surface area contributed by atoms with Crippen LogP contribution in [0.2, 0.25) is 0 Å². The first-order valence-electron chi connectivity index (χ1n) is 8.57. The van der Waals surface area contributed by atoms with E-state index >= 15 is 0 Å². The van der Waals surface area contributed by atoms with E-state index in [2.05, 4.69) is 5.32 Å². The molecule has 0 aromatic heterocycles. The molecule has 1 atom stereocenters. The molecule has 0 saturated heterocycles. The Labute approximate surface area is 152 Å². The Kier molecular flexibility index (Phi) is 6.72. The van der Waals surface area contributed by atoms with Gasteiger partial charge in [-0.05, 0) is 57.2 Å². The highest BCUT2D eigenvalue weighted by Gasteiger charge is 2.20. The molecule has 2 rings (SSSR count). The van der Waals surface area contributed by atoms with Gasteiger partial charge in [0, 0.05) is 13.1 Å². The minimum Gasteiger partial charge on any atom is -0.481 e. The molecule has 5 nitrogen and oxygen atoms in total. The number of rotatable bonds is 7. The number of halogens is 1. The third kappa shape index (κ3) is 4.81. The zero-order chi connectivity index (χ0) is 19.1. The summed E-state index contributed by atoms with van der Waals surface area (Å²) in [5.41, 5.74) is 0.863. The van der Waals surface area contributed by atoms with Gasteiger partial charge in [0.25, 0.3) is 11.8 Å². The number of hydrogen-bond donors (Lipinski definition) is 1. The summed E-state index contributed by atoms with van der Waals surface area (Å²) < 4.78 is 18.5. The van der Waals surface area contributed by atoms with Crippen molar-refractivity contribution in [1.82, 2.24) is 4.90 Å². The first kappa shape index (κ1) is 19.4. The van der Waals surface area contributed by atoms with E-state index in [1.165, 1.54) is 24.3 Å². The molecule has 0 fully saturated rings. The number of carbonyl (C=O) groups is 2. The zero-order valence-corrected chi connectivity index (χ0v) is 15.2. The Bertz CT molecular complexity index is 758. The number of carbonyl (C=O) groups excluding carboxylic acids is 2. The second kappa shape index (κ2) is 8.99. The summed E-state index contributed by atoms with van der Waals surface area (Å²) >= 11 is 0. The van der Waals surface area contributed by atoms with Crippen LogP contribution in [0.4, 0.5) is 10.1 Å². The lowest BCUT2D eigenvalue weighted by molar-refractivity contribution is -0.122. The van der Waals surface area contributed by atoms with Gasteiger partial charge in [-0.15, -0.1) is 0 Å². The van der Waals surface area contributed by atoms with Crippen LogP contribution in [0, 0.1) is 5.82 Å². The highest BCUT2D eigenvalue weighted by molar-refractivity contribution is 6.04. The Morgan fingerprint density at radius 1 is 1.08 bits per heavy atom. The monoisotopic (exact) mass is 358 g/mol.